The van der Waals surface area contributed by atoms with Gasteiger partial charge in [0.1, 0.15) is 0 Å². The molecule has 1 heteroatoms. The third kappa shape index (κ3) is 2.31. The van der Waals surface area contributed by atoms with Crippen molar-refractivity contribution in [2.45, 2.75) is 39.5 Å². The fourth-order valence-electron chi connectivity index (χ4n) is 1.70. The first-order valence-electron chi connectivity index (χ1n) is 4.85. The van der Waals surface area contributed by atoms with Crippen LogP contribution in [-0.2, 0) is 0 Å². The summed E-state index contributed by atoms with van der Waals surface area (Å²) in [4.78, 5) is 0. The topological polar surface area (TPSA) is 0 Å². The average Bonchev–Trinajstić information content (AvgIpc) is 2.02. The van der Waals surface area contributed by atoms with Crippen molar-refractivity contribution in [3.63, 3.8) is 0 Å². The monoisotopic (exact) mass is 192 g/mol. The van der Waals surface area contributed by atoms with E-state index in [0.29, 0.717) is 11.8 Å². The standard InChI is InChI=1S/C12H17P/c1-8(2)10-6-5-7-11(13)12(10)9(3)4/h5-9H,1-4H3/q-2. The van der Waals surface area contributed by atoms with Gasteiger partial charge in [0.2, 0.25) is 0 Å². The maximum Gasteiger partial charge on any atom is -0.0218 e. The summed E-state index contributed by atoms with van der Waals surface area (Å²) in [5, 5.41) is 1.13. The number of benzene rings is 1. The van der Waals surface area contributed by atoms with Gasteiger partial charge in [-0.1, -0.05) is 45.4 Å². The lowest BCUT2D eigenvalue weighted by atomic mass is 9.91. The highest BCUT2D eigenvalue weighted by Crippen LogP contribution is 2.25. The predicted molar refractivity (Wildman–Crippen MR) is 61.2 cm³/mol. The molecule has 72 valence electrons. The van der Waals surface area contributed by atoms with Crippen molar-refractivity contribution in [1.29, 1.82) is 0 Å². The van der Waals surface area contributed by atoms with Crippen molar-refractivity contribution in [3.05, 3.63) is 29.3 Å². The van der Waals surface area contributed by atoms with Crippen molar-refractivity contribution in [3.8, 4) is 0 Å². The van der Waals surface area contributed by atoms with Crippen LogP contribution in [0, 0.1) is 0 Å². The zero-order chi connectivity index (χ0) is 10.0. The Kier molecular flexibility index (Phi) is 3.50. The smallest absolute Gasteiger partial charge is 0.0218 e. The van der Waals surface area contributed by atoms with E-state index in [1.54, 1.807) is 0 Å². The van der Waals surface area contributed by atoms with E-state index in [9.17, 15) is 0 Å². The minimum Gasteiger partial charge on any atom is -1.45 e. The lowest BCUT2D eigenvalue weighted by Crippen LogP contribution is -2.09. The Morgan fingerprint density at radius 2 is 1.62 bits per heavy atom. The lowest BCUT2D eigenvalue weighted by molar-refractivity contribution is 0.795. The van der Waals surface area contributed by atoms with Gasteiger partial charge in [-0.15, -0.1) is 6.07 Å². The van der Waals surface area contributed by atoms with Crippen molar-refractivity contribution in [2.24, 2.45) is 0 Å². The molecular weight excluding hydrogens is 175 g/mol. The van der Waals surface area contributed by atoms with Crippen LogP contribution in [0.15, 0.2) is 18.2 Å². The van der Waals surface area contributed by atoms with Crippen molar-refractivity contribution >= 4 is 14.5 Å². The Labute approximate surface area is 84.0 Å². The second-order valence-corrected chi connectivity index (χ2v) is 4.57. The summed E-state index contributed by atoms with van der Waals surface area (Å²) in [5.41, 5.74) is 2.84. The molecule has 0 N–H and O–H groups in total. The van der Waals surface area contributed by atoms with Gasteiger partial charge in [-0.05, 0) is 17.4 Å². The Morgan fingerprint density at radius 3 is 2.00 bits per heavy atom. The van der Waals surface area contributed by atoms with Crippen LogP contribution < -0.4 is 5.30 Å². The van der Waals surface area contributed by atoms with Crippen molar-refractivity contribution < 1.29 is 0 Å². The molecule has 0 spiro atoms. The highest BCUT2D eigenvalue weighted by Gasteiger charge is 2.05. The Hall–Kier alpha value is -0.350. The summed E-state index contributed by atoms with van der Waals surface area (Å²) in [6.45, 7) is 8.91. The molecule has 0 bridgehead atoms. The third-order valence-corrected chi connectivity index (χ3v) is 2.71. The van der Waals surface area contributed by atoms with Crippen LogP contribution in [0.1, 0.15) is 50.7 Å². The molecule has 0 aliphatic rings. The fraction of sp³-hybridized carbons (Fsp3) is 0.500. The number of hydrogen-bond donors (Lipinski definition) is 0. The van der Waals surface area contributed by atoms with Crippen LogP contribution in [0.3, 0.4) is 0 Å². The van der Waals surface area contributed by atoms with E-state index in [1.165, 1.54) is 11.1 Å². The molecule has 0 aliphatic carbocycles. The molecule has 0 saturated heterocycles. The van der Waals surface area contributed by atoms with E-state index in [-0.39, 0.29) is 0 Å². The predicted octanol–water partition coefficient (Wildman–Crippen LogP) is 3.97. The molecule has 1 aromatic rings. The summed E-state index contributed by atoms with van der Waals surface area (Å²) in [6, 6.07) is 6.37. The average molecular weight is 192 g/mol. The molecule has 0 radical (unpaired) electrons. The first kappa shape index (κ1) is 10.7. The molecule has 13 heavy (non-hydrogen) atoms. The van der Waals surface area contributed by atoms with E-state index in [1.807, 2.05) is 0 Å². The van der Waals surface area contributed by atoms with Gasteiger partial charge >= 0.3 is 0 Å². The molecule has 1 aromatic carbocycles. The summed E-state index contributed by atoms with van der Waals surface area (Å²) in [6.07, 6.45) is 0. The van der Waals surface area contributed by atoms with E-state index >= 15 is 0 Å². The SMILES string of the molecule is CC(C)c1cccc([P-2])c1C(C)C. The van der Waals surface area contributed by atoms with Gasteiger partial charge in [-0.25, -0.2) is 0 Å². The van der Waals surface area contributed by atoms with Gasteiger partial charge in [-0.2, -0.15) is 0 Å². The highest BCUT2D eigenvalue weighted by molar-refractivity contribution is 7.27. The maximum absolute atomic E-state index is 4.50. The van der Waals surface area contributed by atoms with Gasteiger partial charge in [-0.3, -0.25) is 0 Å². The quantitative estimate of drug-likeness (QED) is 0.622. The normalized spacial score (nSPS) is 11.3. The van der Waals surface area contributed by atoms with Gasteiger partial charge in [0, 0.05) is 0 Å². The summed E-state index contributed by atoms with van der Waals surface area (Å²) in [7, 11) is 4.50. The summed E-state index contributed by atoms with van der Waals surface area (Å²) < 4.78 is 0. The van der Waals surface area contributed by atoms with E-state index in [0.717, 1.165) is 5.30 Å². The van der Waals surface area contributed by atoms with Gasteiger partial charge in [0.25, 0.3) is 0 Å². The van der Waals surface area contributed by atoms with E-state index in [2.05, 4.69) is 55.1 Å². The number of hydrogen-bond acceptors (Lipinski definition) is 0. The van der Waals surface area contributed by atoms with Crippen LogP contribution in [0.2, 0.25) is 0 Å². The summed E-state index contributed by atoms with van der Waals surface area (Å²) >= 11 is 0. The van der Waals surface area contributed by atoms with Crippen molar-refractivity contribution in [1.82, 2.24) is 0 Å². The molecule has 0 aliphatic heterocycles. The highest BCUT2D eigenvalue weighted by atomic mass is 31.0. The van der Waals surface area contributed by atoms with E-state index in [4.69, 9.17) is 0 Å². The van der Waals surface area contributed by atoms with Crippen LogP contribution in [-0.4, -0.2) is 0 Å². The zero-order valence-electron chi connectivity index (χ0n) is 8.83. The Balaban J connectivity index is 3.26. The zero-order valence-corrected chi connectivity index (χ0v) is 9.73. The molecule has 0 saturated carbocycles. The second-order valence-electron chi connectivity index (χ2n) is 4.09. The molecule has 1 rings (SSSR count). The summed E-state index contributed by atoms with van der Waals surface area (Å²) in [5.74, 6) is 1.15. The molecule has 0 aromatic heterocycles. The fourth-order valence-corrected chi connectivity index (χ4v) is 2.18. The third-order valence-electron chi connectivity index (χ3n) is 2.32. The molecule has 0 fully saturated rings. The van der Waals surface area contributed by atoms with Crippen LogP contribution in [0.25, 0.3) is 0 Å². The second kappa shape index (κ2) is 4.24. The lowest BCUT2D eigenvalue weighted by Gasteiger charge is -2.41. The van der Waals surface area contributed by atoms with Crippen LogP contribution >= 0.6 is 9.24 Å². The van der Waals surface area contributed by atoms with Crippen LogP contribution in [0.5, 0.6) is 0 Å². The minimum atomic E-state index is 0.561. The van der Waals surface area contributed by atoms with Gasteiger partial charge < -0.3 is 14.5 Å². The maximum atomic E-state index is 4.50. The Bertz CT molecular complexity index is 287. The first-order chi connectivity index (χ1) is 6.04. The Morgan fingerprint density at radius 1 is 1.00 bits per heavy atom. The van der Waals surface area contributed by atoms with E-state index < -0.39 is 0 Å². The van der Waals surface area contributed by atoms with Gasteiger partial charge in [0.15, 0.2) is 0 Å². The first-order valence-corrected chi connectivity index (χ1v) is 5.30. The molecule has 0 amide bonds. The number of rotatable bonds is 2. The molecule has 0 heterocycles. The molecule has 0 unspecified atom stereocenters. The van der Waals surface area contributed by atoms with Crippen LogP contribution in [0.4, 0.5) is 0 Å². The largest absolute Gasteiger partial charge is 1.45 e. The molecular formula is C12H17P-2. The molecule has 0 nitrogen and oxygen atoms in total. The van der Waals surface area contributed by atoms with Crippen molar-refractivity contribution in [2.75, 3.05) is 0 Å². The van der Waals surface area contributed by atoms with Gasteiger partial charge in [0.05, 0.1) is 0 Å². The minimum absolute atomic E-state index is 0.561. The molecule has 0 atom stereocenters.